The maximum atomic E-state index is 11.5. The van der Waals surface area contributed by atoms with Gasteiger partial charge in [-0.15, -0.1) is 0 Å². The fraction of sp³-hybridized carbons (Fsp3) is 0.389. The molecule has 3 amide bonds. The third-order valence-corrected chi connectivity index (χ3v) is 4.49. The number of oxime groups is 1. The Kier molecular flexibility index (Phi) is 5.39. The Morgan fingerprint density at radius 2 is 1.92 bits per heavy atom. The summed E-state index contributed by atoms with van der Waals surface area (Å²) in [5.41, 5.74) is 1.51. The number of imide groups is 1. The normalized spacial score (nSPS) is 21.0. The fourth-order valence-corrected chi connectivity index (χ4v) is 2.96. The van der Waals surface area contributed by atoms with E-state index in [1.165, 1.54) is 0 Å². The molecule has 0 spiro atoms. The molecule has 0 aliphatic carbocycles. The molecule has 136 valence electrons. The highest BCUT2D eigenvalue weighted by Crippen LogP contribution is 2.11. The van der Waals surface area contributed by atoms with Crippen molar-refractivity contribution in [3.63, 3.8) is 0 Å². The van der Waals surface area contributed by atoms with Gasteiger partial charge in [-0.1, -0.05) is 23.9 Å². The van der Waals surface area contributed by atoms with Crippen LogP contribution in [0.3, 0.4) is 0 Å². The predicted octanol–water partition coefficient (Wildman–Crippen LogP) is 0.0194. The van der Waals surface area contributed by atoms with Crippen LogP contribution in [0, 0.1) is 11.8 Å². The summed E-state index contributed by atoms with van der Waals surface area (Å²) in [7, 11) is 0. The third-order valence-electron chi connectivity index (χ3n) is 4.49. The Labute approximate surface area is 151 Å². The minimum atomic E-state index is -0.827. The van der Waals surface area contributed by atoms with Crippen LogP contribution in [0.1, 0.15) is 18.1 Å². The fourth-order valence-electron chi connectivity index (χ4n) is 2.96. The van der Waals surface area contributed by atoms with Gasteiger partial charge in [-0.2, -0.15) is 0 Å². The number of benzene rings is 1. The van der Waals surface area contributed by atoms with E-state index in [0.717, 1.165) is 38.3 Å². The second-order valence-corrected chi connectivity index (χ2v) is 6.09. The van der Waals surface area contributed by atoms with E-state index in [9.17, 15) is 14.8 Å². The smallest absolute Gasteiger partial charge is 0.322 e. The second-order valence-electron chi connectivity index (χ2n) is 6.09. The highest BCUT2D eigenvalue weighted by Gasteiger charge is 2.27. The van der Waals surface area contributed by atoms with E-state index in [4.69, 9.17) is 0 Å². The maximum Gasteiger partial charge on any atom is 0.322 e. The summed E-state index contributed by atoms with van der Waals surface area (Å²) < 4.78 is 0. The first-order valence-corrected chi connectivity index (χ1v) is 8.53. The van der Waals surface area contributed by atoms with E-state index in [1.807, 2.05) is 12.1 Å². The van der Waals surface area contributed by atoms with Gasteiger partial charge in [-0.25, -0.2) is 4.79 Å². The van der Waals surface area contributed by atoms with Crippen molar-refractivity contribution in [2.24, 2.45) is 5.16 Å². The monoisotopic (exact) mass is 355 g/mol. The van der Waals surface area contributed by atoms with Crippen LogP contribution in [0.2, 0.25) is 0 Å². The van der Waals surface area contributed by atoms with Gasteiger partial charge < -0.3 is 20.3 Å². The van der Waals surface area contributed by atoms with Crippen molar-refractivity contribution in [3.8, 4) is 11.8 Å². The summed E-state index contributed by atoms with van der Waals surface area (Å²) in [6, 6.07) is 5.90. The molecule has 0 unspecified atom stereocenters. The van der Waals surface area contributed by atoms with Crippen LogP contribution in [0.5, 0.6) is 0 Å². The van der Waals surface area contributed by atoms with Crippen LogP contribution in [-0.4, -0.2) is 71.5 Å². The molecule has 3 rings (SSSR count). The van der Waals surface area contributed by atoms with E-state index >= 15 is 0 Å². The van der Waals surface area contributed by atoms with Crippen molar-refractivity contribution in [3.05, 3.63) is 35.4 Å². The topological polar surface area (TPSA) is 97.3 Å². The molecular formula is C18H21N5O3. The zero-order valence-electron chi connectivity index (χ0n) is 14.5. The number of carbonyl (C=O) groups is 2. The summed E-state index contributed by atoms with van der Waals surface area (Å²) in [4.78, 5) is 26.9. The van der Waals surface area contributed by atoms with Crippen molar-refractivity contribution < 1.29 is 14.8 Å². The number of amides is 3. The Bertz CT molecular complexity index is 770. The number of nitrogens with one attached hydrogen (secondary N) is 2. The quantitative estimate of drug-likeness (QED) is 0.174. The Balaban J connectivity index is 1.67. The van der Waals surface area contributed by atoms with Crippen molar-refractivity contribution in [2.75, 3.05) is 32.7 Å². The van der Waals surface area contributed by atoms with Crippen LogP contribution >= 0.6 is 0 Å². The SMILES string of the molecule is CCN1CCN(/C(=N\O)c2ccc(C#C[C@@H]3NC(=O)NC3=O)cc2)CC1. The van der Waals surface area contributed by atoms with Crippen LogP contribution in [0.15, 0.2) is 29.4 Å². The molecule has 2 aliphatic rings. The van der Waals surface area contributed by atoms with E-state index < -0.39 is 18.0 Å². The number of carbonyl (C=O) groups excluding carboxylic acids is 2. The minimum absolute atomic E-state index is 0.444. The zero-order chi connectivity index (χ0) is 18.5. The molecule has 26 heavy (non-hydrogen) atoms. The highest BCUT2D eigenvalue weighted by molar-refractivity contribution is 6.05. The van der Waals surface area contributed by atoms with Gasteiger partial charge in [0.2, 0.25) is 0 Å². The first-order chi connectivity index (χ1) is 12.6. The molecule has 1 aromatic rings. The summed E-state index contributed by atoms with van der Waals surface area (Å²) >= 11 is 0. The number of urea groups is 1. The molecule has 2 aliphatic heterocycles. The number of nitrogens with zero attached hydrogens (tertiary/aromatic N) is 3. The van der Waals surface area contributed by atoms with Gasteiger partial charge in [0.15, 0.2) is 11.9 Å². The summed E-state index contributed by atoms with van der Waals surface area (Å²) in [5.74, 6) is 5.69. The van der Waals surface area contributed by atoms with Crippen LogP contribution in [0.4, 0.5) is 4.79 Å². The van der Waals surface area contributed by atoms with E-state index in [0.29, 0.717) is 11.4 Å². The summed E-state index contributed by atoms with van der Waals surface area (Å²) in [6.07, 6.45) is 0. The van der Waals surface area contributed by atoms with Gasteiger partial charge in [0.25, 0.3) is 5.91 Å². The molecule has 8 nitrogen and oxygen atoms in total. The Morgan fingerprint density at radius 3 is 2.46 bits per heavy atom. The molecule has 3 N–H and O–H groups in total. The molecule has 0 aromatic heterocycles. The van der Waals surface area contributed by atoms with Gasteiger partial charge >= 0.3 is 6.03 Å². The number of piperazine rings is 1. The molecule has 0 bridgehead atoms. The number of amidine groups is 1. The maximum absolute atomic E-state index is 11.5. The molecule has 1 aromatic carbocycles. The van der Waals surface area contributed by atoms with Crippen molar-refractivity contribution in [1.82, 2.24) is 20.4 Å². The second kappa shape index (κ2) is 7.89. The largest absolute Gasteiger partial charge is 0.409 e. The highest BCUT2D eigenvalue weighted by atomic mass is 16.4. The third kappa shape index (κ3) is 3.95. The first-order valence-electron chi connectivity index (χ1n) is 8.53. The Morgan fingerprint density at radius 1 is 1.23 bits per heavy atom. The Hall–Kier alpha value is -3.05. The van der Waals surface area contributed by atoms with Crippen LogP contribution in [-0.2, 0) is 4.79 Å². The van der Waals surface area contributed by atoms with E-state index in [-0.39, 0.29) is 0 Å². The van der Waals surface area contributed by atoms with Crippen molar-refractivity contribution in [2.45, 2.75) is 13.0 Å². The molecule has 8 heteroatoms. The molecule has 0 radical (unpaired) electrons. The van der Waals surface area contributed by atoms with Gasteiger partial charge in [0, 0.05) is 37.3 Å². The van der Waals surface area contributed by atoms with Crippen molar-refractivity contribution in [1.29, 1.82) is 0 Å². The van der Waals surface area contributed by atoms with Crippen LogP contribution in [0.25, 0.3) is 0 Å². The van der Waals surface area contributed by atoms with E-state index in [1.54, 1.807) is 12.1 Å². The zero-order valence-corrected chi connectivity index (χ0v) is 14.5. The average molecular weight is 355 g/mol. The standard InChI is InChI=1S/C18H21N5O3/c1-2-22-9-11-23(12-10-22)16(21-26)14-6-3-13(4-7-14)5-8-15-17(24)20-18(25)19-15/h3-4,6-7,15,26H,2,9-12H2,1H3,(H2,19,20,24,25)/b21-16-/t15-/m0/s1. The lowest BCUT2D eigenvalue weighted by atomic mass is 10.1. The summed E-state index contributed by atoms with van der Waals surface area (Å²) in [6.45, 7) is 6.66. The molecule has 2 saturated heterocycles. The lowest BCUT2D eigenvalue weighted by Crippen LogP contribution is -2.48. The molecular weight excluding hydrogens is 334 g/mol. The first kappa shape index (κ1) is 17.8. The molecule has 1 atom stereocenters. The van der Waals surface area contributed by atoms with Gasteiger partial charge in [-0.3, -0.25) is 10.1 Å². The van der Waals surface area contributed by atoms with E-state index in [2.05, 4.69) is 44.4 Å². The molecule has 2 heterocycles. The van der Waals surface area contributed by atoms with Crippen molar-refractivity contribution >= 4 is 17.8 Å². The minimum Gasteiger partial charge on any atom is -0.409 e. The number of hydrogen-bond donors (Lipinski definition) is 3. The predicted molar refractivity (Wildman–Crippen MR) is 95.8 cm³/mol. The average Bonchev–Trinajstić information content (AvgIpc) is 2.99. The van der Waals surface area contributed by atoms with Gasteiger partial charge in [0.05, 0.1) is 0 Å². The molecule has 2 fully saturated rings. The lowest BCUT2D eigenvalue weighted by Gasteiger charge is -2.35. The number of rotatable bonds is 2. The van der Waals surface area contributed by atoms with Crippen LogP contribution < -0.4 is 10.6 Å². The lowest BCUT2D eigenvalue weighted by molar-refractivity contribution is -0.119. The number of likely N-dealkylation sites (N-methyl/N-ethyl adjacent to an activating group) is 1. The number of hydrogen-bond acceptors (Lipinski definition) is 5. The molecule has 0 saturated carbocycles. The van der Waals surface area contributed by atoms with Gasteiger partial charge in [-0.05, 0) is 30.8 Å². The van der Waals surface area contributed by atoms with Gasteiger partial charge in [0.1, 0.15) is 0 Å². The summed E-state index contributed by atoms with van der Waals surface area (Å²) in [5, 5.41) is 17.5.